The molecule has 20 heavy (non-hydrogen) atoms. The van der Waals surface area contributed by atoms with E-state index in [9.17, 15) is 8.42 Å². The molecule has 6 nitrogen and oxygen atoms in total. The van der Waals surface area contributed by atoms with Crippen LogP contribution in [-0.4, -0.2) is 36.6 Å². The van der Waals surface area contributed by atoms with Crippen molar-refractivity contribution in [3.05, 3.63) is 29.5 Å². The number of nitrogens with one attached hydrogen (secondary N) is 1. The van der Waals surface area contributed by atoms with Crippen molar-refractivity contribution >= 4 is 27.3 Å². The Morgan fingerprint density at radius 3 is 3.00 bits per heavy atom. The molecule has 0 radical (unpaired) electrons. The van der Waals surface area contributed by atoms with E-state index in [1.165, 1.54) is 4.40 Å². The minimum atomic E-state index is -3.78. The smallest absolute Gasteiger partial charge is 0.260 e. The van der Waals surface area contributed by atoms with Crippen LogP contribution in [0.25, 0.3) is 5.65 Å². The van der Waals surface area contributed by atoms with E-state index in [-0.39, 0.29) is 10.2 Å². The van der Waals surface area contributed by atoms with Crippen molar-refractivity contribution in [1.82, 2.24) is 14.1 Å². The van der Waals surface area contributed by atoms with Gasteiger partial charge in [-0.2, -0.15) is 0 Å². The Balaban J connectivity index is 2.07. The monoisotopic (exact) mass is 315 g/mol. The maximum atomic E-state index is 12.6. The standard InChI is InChI=1S/C12H14ClN3O3S/c1-12(5-7-19-8-12)15-20(17,18)11-10(13)14-9-4-2-3-6-16(9)11/h2-4,6,15H,5,7-8H2,1H3. The van der Waals surface area contributed by atoms with E-state index in [0.717, 1.165) is 0 Å². The van der Waals surface area contributed by atoms with E-state index in [1.807, 2.05) is 6.92 Å². The zero-order chi connectivity index (χ0) is 14.4. The van der Waals surface area contributed by atoms with Gasteiger partial charge in [0.05, 0.1) is 12.1 Å². The van der Waals surface area contributed by atoms with Crippen molar-refractivity contribution in [1.29, 1.82) is 0 Å². The summed E-state index contributed by atoms with van der Waals surface area (Å²) in [5.41, 5.74) is -0.119. The van der Waals surface area contributed by atoms with Crippen LogP contribution in [0.4, 0.5) is 0 Å². The highest BCUT2D eigenvalue weighted by Gasteiger charge is 2.36. The number of sulfonamides is 1. The molecule has 108 valence electrons. The fourth-order valence-electron chi connectivity index (χ4n) is 2.31. The predicted octanol–water partition coefficient (Wildman–Crippen LogP) is 1.44. The molecule has 0 aromatic carbocycles. The molecule has 1 aliphatic heterocycles. The number of fused-ring (bicyclic) bond motifs is 1. The fourth-order valence-corrected chi connectivity index (χ4v) is 4.37. The van der Waals surface area contributed by atoms with Crippen LogP contribution in [0.2, 0.25) is 5.15 Å². The number of imidazole rings is 1. The molecule has 2 aromatic heterocycles. The van der Waals surface area contributed by atoms with Crippen LogP contribution in [0.15, 0.2) is 29.4 Å². The zero-order valence-electron chi connectivity index (χ0n) is 10.8. The normalized spacial score (nSPS) is 23.5. The van der Waals surface area contributed by atoms with Crippen molar-refractivity contribution in [2.75, 3.05) is 13.2 Å². The molecule has 0 saturated carbocycles. The Morgan fingerprint density at radius 1 is 1.50 bits per heavy atom. The lowest BCUT2D eigenvalue weighted by Gasteiger charge is -2.22. The van der Waals surface area contributed by atoms with Gasteiger partial charge in [0.1, 0.15) is 5.65 Å². The fraction of sp³-hybridized carbons (Fsp3) is 0.417. The maximum Gasteiger partial charge on any atom is 0.260 e. The van der Waals surface area contributed by atoms with Crippen LogP contribution in [0, 0.1) is 0 Å². The Morgan fingerprint density at radius 2 is 2.30 bits per heavy atom. The van der Waals surface area contributed by atoms with Crippen LogP contribution in [-0.2, 0) is 14.8 Å². The lowest BCUT2D eigenvalue weighted by atomic mass is 10.0. The predicted molar refractivity (Wildman–Crippen MR) is 74.4 cm³/mol. The summed E-state index contributed by atoms with van der Waals surface area (Å²) in [5, 5.41) is -0.0749. The molecule has 0 bridgehead atoms. The number of aromatic nitrogens is 2. The van der Waals surface area contributed by atoms with Gasteiger partial charge < -0.3 is 4.74 Å². The number of hydrogen-bond acceptors (Lipinski definition) is 4. The zero-order valence-corrected chi connectivity index (χ0v) is 12.4. The molecule has 1 fully saturated rings. The van der Waals surface area contributed by atoms with Gasteiger partial charge in [0, 0.05) is 12.8 Å². The minimum absolute atomic E-state index is 0.0359. The Bertz CT molecular complexity index is 750. The summed E-state index contributed by atoms with van der Waals surface area (Å²) >= 11 is 6.00. The topological polar surface area (TPSA) is 72.7 Å². The van der Waals surface area contributed by atoms with E-state index in [4.69, 9.17) is 16.3 Å². The first kappa shape index (κ1) is 13.8. The third kappa shape index (κ3) is 2.31. The molecule has 2 aromatic rings. The quantitative estimate of drug-likeness (QED) is 0.930. The van der Waals surface area contributed by atoms with Crippen molar-refractivity contribution in [2.24, 2.45) is 0 Å². The summed E-state index contributed by atoms with van der Waals surface area (Å²) in [7, 11) is -3.78. The van der Waals surface area contributed by atoms with Gasteiger partial charge in [-0.25, -0.2) is 18.1 Å². The van der Waals surface area contributed by atoms with Crippen molar-refractivity contribution in [3.8, 4) is 0 Å². The maximum absolute atomic E-state index is 12.6. The number of nitrogens with zero attached hydrogens (tertiary/aromatic N) is 2. The van der Waals surface area contributed by atoms with Crippen LogP contribution < -0.4 is 4.72 Å². The molecule has 1 aliphatic rings. The summed E-state index contributed by atoms with van der Waals surface area (Å²) in [4.78, 5) is 4.05. The highest BCUT2D eigenvalue weighted by Crippen LogP contribution is 2.26. The first-order valence-electron chi connectivity index (χ1n) is 6.16. The summed E-state index contributed by atoms with van der Waals surface area (Å²) in [6.07, 6.45) is 2.25. The molecule has 0 amide bonds. The van der Waals surface area contributed by atoms with Gasteiger partial charge in [0.2, 0.25) is 0 Å². The van der Waals surface area contributed by atoms with Crippen molar-refractivity contribution in [2.45, 2.75) is 23.9 Å². The Hall–Kier alpha value is -1.15. The average molecular weight is 316 g/mol. The summed E-state index contributed by atoms with van der Waals surface area (Å²) in [5.74, 6) is 0. The molecule has 1 N–H and O–H groups in total. The number of halogens is 1. The number of rotatable bonds is 3. The summed E-state index contributed by atoms with van der Waals surface area (Å²) in [6.45, 7) is 2.70. The molecule has 3 heterocycles. The van der Waals surface area contributed by atoms with Crippen LogP contribution in [0.1, 0.15) is 13.3 Å². The van der Waals surface area contributed by atoms with E-state index in [0.29, 0.717) is 25.3 Å². The second kappa shape index (κ2) is 4.70. The first-order chi connectivity index (χ1) is 9.41. The van der Waals surface area contributed by atoms with E-state index < -0.39 is 15.6 Å². The molecule has 1 atom stereocenters. The summed E-state index contributed by atoms with van der Waals surface area (Å²) in [6, 6.07) is 5.20. The lowest BCUT2D eigenvalue weighted by Crippen LogP contribution is -2.46. The van der Waals surface area contributed by atoms with E-state index in [2.05, 4.69) is 9.71 Å². The van der Waals surface area contributed by atoms with Gasteiger partial charge in [0.15, 0.2) is 10.2 Å². The van der Waals surface area contributed by atoms with Gasteiger partial charge >= 0.3 is 0 Å². The van der Waals surface area contributed by atoms with E-state index >= 15 is 0 Å². The number of pyridine rings is 1. The highest BCUT2D eigenvalue weighted by atomic mass is 35.5. The van der Waals surface area contributed by atoms with Gasteiger partial charge in [-0.3, -0.25) is 4.40 Å². The van der Waals surface area contributed by atoms with Gasteiger partial charge in [-0.15, -0.1) is 0 Å². The second-order valence-electron chi connectivity index (χ2n) is 5.11. The molecule has 1 unspecified atom stereocenters. The number of ether oxygens (including phenoxy) is 1. The van der Waals surface area contributed by atoms with Crippen LogP contribution in [0.5, 0.6) is 0 Å². The highest BCUT2D eigenvalue weighted by molar-refractivity contribution is 7.89. The van der Waals surface area contributed by atoms with Gasteiger partial charge in [-0.1, -0.05) is 17.7 Å². The second-order valence-corrected chi connectivity index (χ2v) is 7.06. The molecule has 3 rings (SSSR count). The molecule has 0 aliphatic carbocycles. The Labute approximate surface area is 121 Å². The van der Waals surface area contributed by atoms with Crippen LogP contribution >= 0.6 is 11.6 Å². The van der Waals surface area contributed by atoms with Crippen molar-refractivity contribution in [3.63, 3.8) is 0 Å². The number of hydrogen-bond donors (Lipinski definition) is 1. The molecule has 8 heteroatoms. The third-order valence-corrected chi connectivity index (χ3v) is 5.34. The summed E-state index contributed by atoms with van der Waals surface area (Å²) < 4.78 is 34.5. The minimum Gasteiger partial charge on any atom is -0.379 e. The largest absolute Gasteiger partial charge is 0.379 e. The van der Waals surface area contributed by atoms with Crippen molar-refractivity contribution < 1.29 is 13.2 Å². The lowest BCUT2D eigenvalue weighted by molar-refractivity contribution is 0.178. The third-order valence-electron chi connectivity index (χ3n) is 3.30. The van der Waals surface area contributed by atoms with Gasteiger partial charge in [-0.05, 0) is 25.5 Å². The SMILES string of the molecule is CC1(NS(=O)(=O)c2c(Cl)nc3ccccn23)CCOC1. The molecular weight excluding hydrogens is 302 g/mol. The van der Waals surface area contributed by atoms with Gasteiger partial charge in [0.25, 0.3) is 10.0 Å². The van der Waals surface area contributed by atoms with E-state index in [1.54, 1.807) is 24.4 Å². The van der Waals surface area contributed by atoms with Crippen LogP contribution in [0.3, 0.4) is 0 Å². The molecule has 0 spiro atoms. The Kier molecular flexibility index (Phi) is 3.24. The molecule has 1 saturated heterocycles. The first-order valence-corrected chi connectivity index (χ1v) is 8.02. The molecular formula is C12H14ClN3O3S. The average Bonchev–Trinajstić information content (AvgIpc) is 2.91.